The van der Waals surface area contributed by atoms with Gasteiger partial charge in [-0.1, -0.05) is 25.1 Å². The Morgan fingerprint density at radius 3 is 2.85 bits per heavy atom. The molecule has 4 nitrogen and oxygen atoms in total. The van der Waals surface area contributed by atoms with E-state index in [1.54, 1.807) is 0 Å². The molecule has 110 valence electrons. The summed E-state index contributed by atoms with van der Waals surface area (Å²) in [5.41, 5.74) is 2.07. The number of piperidine rings is 1. The van der Waals surface area contributed by atoms with Crippen molar-refractivity contribution >= 4 is 11.6 Å². The largest absolute Gasteiger partial charge is 0.324 e. The molecule has 1 fully saturated rings. The molecule has 2 atom stereocenters. The van der Waals surface area contributed by atoms with E-state index in [1.165, 1.54) is 0 Å². The molecular weight excluding hydrogens is 250 g/mol. The van der Waals surface area contributed by atoms with Gasteiger partial charge in [-0.15, -0.1) is 0 Å². The minimum absolute atomic E-state index is 0.0637. The number of amides is 1. The molecule has 1 aliphatic rings. The average Bonchev–Trinajstić information content (AvgIpc) is 2.40. The van der Waals surface area contributed by atoms with Crippen molar-refractivity contribution in [2.45, 2.75) is 32.4 Å². The van der Waals surface area contributed by atoms with Gasteiger partial charge in [-0.3, -0.25) is 4.79 Å². The maximum atomic E-state index is 12.4. The molecule has 2 N–H and O–H groups in total. The number of para-hydroxylation sites is 1. The second-order valence-electron chi connectivity index (χ2n) is 6.02. The minimum Gasteiger partial charge on any atom is -0.324 e. The Hall–Kier alpha value is -1.39. The number of rotatable bonds is 4. The first-order valence-electron chi connectivity index (χ1n) is 7.33. The quantitative estimate of drug-likeness (QED) is 0.884. The molecule has 1 saturated heterocycles. The lowest BCUT2D eigenvalue weighted by Crippen LogP contribution is -2.45. The molecule has 0 saturated carbocycles. The average molecular weight is 275 g/mol. The highest BCUT2D eigenvalue weighted by Gasteiger charge is 2.24. The molecule has 4 heteroatoms. The van der Waals surface area contributed by atoms with Crippen molar-refractivity contribution in [1.29, 1.82) is 0 Å². The highest BCUT2D eigenvalue weighted by molar-refractivity contribution is 5.95. The molecule has 1 aliphatic heterocycles. The Balaban J connectivity index is 2.03. The fraction of sp³-hybridized carbons (Fsp3) is 0.562. The predicted octanol–water partition coefficient (Wildman–Crippen LogP) is 2.07. The normalized spacial score (nSPS) is 22.8. The summed E-state index contributed by atoms with van der Waals surface area (Å²) in [6.07, 6.45) is 2.07. The highest BCUT2D eigenvalue weighted by atomic mass is 16.2. The third kappa shape index (κ3) is 4.05. The Morgan fingerprint density at radius 2 is 2.15 bits per heavy atom. The van der Waals surface area contributed by atoms with Crippen LogP contribution >= 0.6 is 0 Å². The van der Waals surface area contributed by atoms with Crippen LogP contribution < -0.4 is 10.6 Å². The summed E-state index contributed by atoms with van der Waals surface area (Å²) in [5, 5.41) is 6.39. The predicted molar refractivity (Wildman–Crippen MR) is 82.7 cm³/mol. The lowest BCUT2D eigenvalue weighted by molar-refractivity contribution is -0.119. The van der Waals surface area contributed by atoms with E-state index >= 15 is 0 Å². The standard InChI is InChI=1S/C16H25N3O/c1-12-8-9-17-15(10-12)16(20)18-14-7-5-4-6-13(14)11-19(2)3/h4-7,12,15,17H,8-11H2,1-3H3,(H,18,20). The number of hydrogen-bond acceptors (Lipinski definition) is 3. The maximum absolute atomic E-state index is 12.4. The zero-order valence-corrected chi connectivity index (χ0v) is 12.6. The van der Waals surface area contributed by atoms with Gasteiger partial charge >= 0.3 is 0 Å². The van der Waals surface area contributed by atoms with Crippen LogP contribution in [0, 0.1) is 5.92 Å². The smallest absolute Gasteiger partial charge is 0.241 e. The van der Waals surface area contributed by atoms with Crippen LogP contribution in [0.3, 0.4) is 0 Å². The van der Waals surface area contributed by atoms with E-state index in [1.807, 2.05) is 32.3 Å². The topological polar surface area (TPSA) is 44.4 Å². The summed E-state index contributed by atoms with van der Waals surface area (Å²) in [7, 11) is 4.06. The second kappa shape index (κ2) is 6.86. The van der Waals surface area contributed by atoms with Gasteiger partial charge in [0.25, 0.3) is 0 Å². The van der Waals surface area contributed by atoms with Crippen molar-refractivity contribution in [3.8, 4) is 0 Å². The monoisotopic (exact) mass is 275 g/mol. The van der Waals surface area contributed by atoms with Gasteiger partial charge in [-0.05, 0) is 51.0 Å². The first-order valence-corrected chi connectivity index (χ1v) is 7.33. The summed E-state index contributed by atoms with van der Waals surface area (Å²) in [5.74, 6) is 0.701. The minimum atomic E-state index is -0.0637. The molecule has 2 unspecified atom stereocenters. The van der Waals surface area contributed by atoms with Crippen molar-refractivity contribution in [1.82, 2.24) is 10.2 Å². The fourth-order valence-corrected chi connectivity index (χ4v) is 2.65. The number of nitrogens with zero attached hydrogens (tertiary/aromatic N) is 1. The molecule has 1 heterocycles. The Labute approximate surface area is 121 Å². The Morgan fingerprint density at radius 1 is 1.40 bits per heavy atom. The third-order valence-electron chi connectivity index (χ3n) is 3.74. The molecule has 2 rings (SSSR count). The van der Waals surface area contributed by atoms with E-state index in [-0.39, 0.29) is 11.9 Å². The van der Waals surface area contributed by atoms with Gasteiger partial charge < -0.3 is 15.5 Å². The summed E-state index contributed by atoms with van der Waals surface area (Å²) < 4.78 is 0. The van der Waals surface area contributed by atoms with Gasteiger partial charge in [0.2, 0.25) is 5.91 Å². The molecule has 1 aromatic carbocycles. The number of hydrogen-bond donors (Lipinski definition) is 2. The van der Waals surface area contributed by atoms with Crippen LogP contribution in [0.4, 0.5) is 5.69 Å². The van der Waals surface area contributed by atoms with Gasteiger partial charge in [0.1, 0.15) is 0 Å². The third-order valence-corrected chi connectivity index (χ3v) is 3.74. The van der Waals surface area contributed by atoms with Crippen LogP contribution in [0.2, 0.25) is 0 Å². The van der Waals surface area contributed by atoms with E-state index in [9.17, 15) is 4.79 Å². The molecule has 0 aromatic heterocycles. The van der Waals surface area contributed by atoms with Gasteiger partial charge in [-0.2, -0.15) is 0 Å². The lowest BCUT2D eigenvalue weighted by Gasteiger charge is -2.27. The molecule has 1 amide bonds. The van der Waals surface area contributed by atoms with Crippen molar-refractivity contribution in [2.75, 3.05) is 26.0 Å². The van der Waals surface area contributed by atoms with E-state index in [2.05, 4.69) is 28.5 Å². The van der Waals surface area contributed by atoms with Crippen LogP contribution in [0.5, 0.6) is 0 Å². The highest BCUT2D eigenvalue weighted by Crippen LogP contribution is 2.19. The second-order valence-corrected chi connectivity index (χ2v) is 6.02. The molecule has 0 bridgehead atoms. The summed E-state index contributed by atoms with van der Waals surface area (Å²) in [6, 6.07) is 7.95. The van der Waals surface area contributed by atoms with Crippen LogP contribution in [0.1, 0.15) is 25.3 Å². The van der Waals surface area contributed by atoms with E-state index in [4.69, 9.17) is 0 Å². The molecule has 0 aliphatic carbocycles. The van der Waals surface area contributed by atoms with Crippen molar-refractivity contribution in [3.05, 3.63) is 29.8 Å². The fourth-order valence-electron chi connectivity index (χ4n) is 2.65. The Bertz CT molecular complexity index is 459. The molecular formula is C16H25N3O. The number of carbonyl (C=O) groups excluding carboxylic acids is 1. The summed E-state index contributed by atoms with van der Waals surface area (Å²) >= 11 is 0. The van der Waals surface area contributed by atoms with Gasteiger partial charge in [0.05, 0.1) is 6.04 Å². The van der Waals surface area contributed by atoms with Crippen LogP contribution in [-0.4, -0.2) is 37.5 Å². The zero-order chi connectivity index (χ0) is 14.5. The lowest BCUT2D eigenvalue weighted by atomic mass is 9.94. The van der Waals surface area contributed by atoms with E-state index in [0.29, 0.717) is 5.92 Å². The number of carbonyl (C=O) groups is 1. The van der Waals surface area contributed by atoms with Crippen LogP contribution in [0.25, 0.3) is 0 Å². The number of nitrogens with one attached hydrogen (secondary N) is 2. The van der Waals surface area contributed by atoms with E-state index < -0.39 is 0 Å². The molecule has 20 heavy (non-hydrogen) atoms. The van der Waals surface area contributed by atoms with Crippen molar-refractivity contribution < 1.29 is 4.79 Å². The van der Waals surface area contributed by atoms with E-state index in [0.717, 1.165) is 37.2 Å². The van der Waals surface area contributed by atoms with Gasteiger partial charge in [-0.25, -0.2) is 0 Å². The summed E-state index contributed by atoms with van der Waals surface area (Å²) in [6.45, 7) is 3.96. The summed E-state index contributed by atoms with van der Waals surface area (Å²) in [4.78, 5) is 14.5. The van der Waals surface area contributed by atoms with Crippen LogP contribution in [0.15, 0.2) is 24.3 Å². The zero-order valence-electron chi connectivity index (χ0n) is 12.6. The first kappa shape index (κ1) is 15.0. The van der Waals surface area contributed by atoms with Gasteiger partial charge in [0.15, 0.2) is 0 Å². The molecule has 0 radical (unpaired) electrons. The Kier molecular flexibility index (Phi) is 5.15. The van der Waals surface area contributed by atoms with Crippen molar-refractivity contribution in [3.63, 3.8) is 0 Å². The molecule has 0 spiro atoms. The number of benzene rings is 1. The SMILES string of the molecule is CC1CCNC(C(=O)Nc2ccccc2CN(C)C)C1. The van der Waals surface area contributed by atoms with Crippen LogP contribution in [-0.2, 0) is 11.3 Å². The first-order chi connectivity index (χ1) is 9.56. The number of anilines is 1. The molecule has 1 aromatic rings. The van der Waals surface area contributed by atoms with Crippen molar-refractivity contribution in [2.24, 2.45) is 5.92 Å². The maximum Gasteiger partial charge on any atom is 0.241 e. The van der Waals surface area contributed by atoms with Gasteiger partial charge in [0, 0.05) is 12.2 Å².